The molecule has 1 aromatic carbocycles. The van der Waals surface area contributed by atoms with E-state index < -0.39 is 29.3 Å². The number of benzene rings is 1. The summed E-state index contributed by atoms with van der Waals surface area (Å²) in [6.07, 6.45) is 0. The summed E-state index contributed by atoms with van der Waals surface area (Å²) in [6, 6.07) is 2.27. The van der Waals surface area contributed by atoms with Crippen LogP contribution in [0.15, 0.2) is 18.2 Å². The number of aryl methyl sites for hydroxylation is 1. The Labute approximate surface area is 117 Å². The molecule has 6 heteroatoms. The average molecular weight is 282 g/mol. The molecule has 1 unspecified atom stereocenters. The van der Waals surface area contributed by atoms with E-state index in [1.54, 1.807) is 27.7 Å². The molecular weight excluding hydrogens is 263 g/mol. The topological polar surface area (TPSA) is 78.4 Å². The smallest absolute Gasteiger partial charge is 0.326 e. The molecular formula is C14H19FN2O3. The molecule has 0 spiro atoms. The molecule has 5 nitrogen and oxygen atoms in total. The molecule has 1 rings (SSSR count). The lowest BCUT2D eigenvalue weighted by Crippen LogP contribution is -2.50. The van der Waals surface area contributed by atoms with Crippen LogP contribution in [0, 0.1) is 18.2 Å². The number of carbonyl (C=O) groups excluding carboxylic acids is 1. The summed E-state index contributed by atoms with van der Waals surface area (Å²) in [5.74, 6) is -1.60. The van der Waals surface area contributed by atoms with Crippen LogP contribution in [0.1, 0.15) is 26.3 Å². The molecule has 0 fully saturated rings. The van der Waals surface area contributed by atoms with E-state index in [-0.39, 0.29) is 0 Å². The predicted molar refractivity (Wildman–Crippen MR) is 74.2 cm³/mol. The first-order chi connectivity index (χ1) is 9.11. The Bertz CT molecular complexity index is 524. The van der Waals surface area contributed by atoms with Crippen LogP contribution in [0.2, 0.25) is 0 Å². The standard InChI is InChI=1S/C14H19FN2O3/c1-8-5-6-9(15)7-10(8)16-13(20)17-11(12(18)19)14(2,3)4/h5-7,11H,1-4H3,(H,18,19)(H2,16,17,20). The monoisotopic (exact) mass is 282 g/mol. The van der Waals surface area contributed by atoms with Crippen molar-refractivity contribution < 1.29 is 19.1 Å². The Balaban J connectivity index is 2.81. The van der Waals surface area contributed by atoms with Gasteiger partial charge in [0.15, 0.2) is 0 Å². The summed E-state index contributed by atoms with van der Waals surface area (Å²) in [7, 11) is 0. The van der Waals surface area contributed by atoms with Crippen molar-refractivity contribution in [2.45, 2.75) is 33.7 Å². The van der Waals surface area contributed by atoms with Gasteiger partial charge >= 0.3 is 12.0 Å². The molecule has 0 aliphatic carbocycles. The number of nitrogens with one attached hydrogen (secondary N) is 2. The van der Waals surface area contributed by atoms with Gasteiger partial charge in [-0.05, 0) is 30.0 Å². The third kappa shape index (κ3) is 4.22. The lowest BCUT2D eigenvalue weighted by atomic mass is 9.87. The molecule has 2 amide bonds. The molecule has 0 radical (unpaired) electrons. The van der Waals surface area contributed by atoms with Gasteiger partial charge in [-0.1, -0.05) is 26.8 Å². The van der Waals surface area contributed by atoms with Crippen LogP contribution in [0.4, 0.5) is 14.9 Å². The van der Waals surface area contributed by atoms with E-state index in [1.807, 2.05) is 0 Å². The van der Waals surface area contributed by atoms with Gasteiger partial charge in [0.05, 0.1) is 0 Å². The van der Waals surface area contributed by atoms with Gasteiger partial charge in [-0.15, -0.1) is 0 Å². The minimum Gasteiger partial charge on any atom is -0.480 e. The van der Waals surface area contributed by atoms with E-state index in [2.05, 4.69) is 10.6 Å². The maximum atomic E-state index is 13.1. The van der Waals surface area contributed by atoms with Gasteiger partial charge in [-0.25, -0.2) is 14.0 Å². The fourth-order valence-electron chi connectivity index (χ4n) is 1.67. The fraction of sp³-hybridized carbons (Fsp3) is 0.429. The molecule has 0 saturated carbocycles. The molecule has 3 N–H and O–H groups in total. The van der Waals surface area contributed by atoms with Gasteiger partial charge in [0.1, 0.15) is 11.9 Å². The highest BCUT2D eigenvalue weighted by Gasteiger charge is 2.32. The zero-order valence-electron chi connectivity index (χ0n) is 12.0. The normalized spacial score (nSPS) is 12.7. The summed E-state index contributed by atoms with van der Waals surface area (Å²) >= 11 is 0. The molecule has 1 atom stereocenters. The molecule has 0 aliphatic rings. The number of anilines is 1. The van der Waals surface area contributed by atoms with Crippen molar-refractivity contribution in [3.05, 3.63) is 29.6 Å². The van der Waals surface area contributed by atoms with Crippen LogP contribution in [0.5, 0.6) is 0 Å². The van der Waals surface area contributed by atoms with E-state index in [4.69, 9.17) is 5.11 Å². The van der Waals surface area contributed by atoms with Crippen LogP contribution in [-0.4, -0.2) is 23.1 Å². The van der Waals surface area contributed by atoms with Crippen molar-refractivity contribution in [2.24, 2.45) is 5.41 Å². The first-order valence-corrected chi connectivity index (χ1v) is 6.17. The number of amides is 2. The lowest BCUT2D eigenvalue weighted by Gasteiger charge is -2.27. The summed E-state index contributed by atoms with van der Waals surface area (Å²) < 4.78 is 13.1. The van der Waals surface area contributed by atoms with Crippen molar-refractivity contribution in [1.82, 2.24) is 5.32 Å². The third-order valence-corrected chi connectivity index (χ3v) is 2.84. The van der Waals surface area contributed by atoms with Crippen molar-refractivity contribution in [3.8, 4) is 0 Å². The number of urea groups is 1. The second kappa shape index (κ2) is 5.90. The minimum absolute atomic E-state index is 0.306. The Hall–Kier alpha value is -2.11. The molecule has 0 aromatic heterocycles. The Morgan fingerprint density at radius 2 is 1.90 bits per heavy atom. The second-order valence-corrected chi connectivity index (χ2v) is 5.69. The molecule has 0 saturated heterocycles. The number of aliphatic carboxylic acids is 1. The predicted octanol–water partition coefficient (Wildman–Crippen LogP) is 2.75. The highest BCUT2D eigenvalue weighted by atomic mass is 19.1. The molecule has 0 aliphatic heterocycles. The number of carbonyl (C=O) groups is 2. The number of rotatable bonds is 3. The van der Waals surface area contributed by atoms with E-state index in [1.165, 1.54) is 18.2 Å². The summed E-state index contributed by atoms with van der Waals surface area (Å²) in [4.78, 5) is 23.0. The van der Waals surface area contributed by atoms with Crippen molar-refractivity contribution in [1.29, 1.82) is 0 Å². The number of carboxylic acids is 1. The van der Waals surface area contributed by atoms with Crippen LogP contribution in [0.25, 0.3) is 0 Å². The van der Waals surface area contributed by atoms with Crippen LogP contribution in [0.3, 0.4) is 0 Å². The van der Waals surface area contributed by atoms with Crippen molar-refractivity contribution in [3.63, 3.8) is 0 Å². The van der Waals surface area contributed by atoms with Crippen LogP contribution in [-0.2, 0) is 4.79 Å². The van der Waals surface area contributed by atoms with Crippen LogP contribution >= 0.6 is 0 Å². The number of halogens is 1. The summed E-state index contributed by atoms with van der Waals surface area (Å²) in [6.45, 7) is 6.84. The minimum atomic E-state index is -1.12. The molecule has 0 bridgehead atoms. The van der Waals surface area contributed by atoms with Gasteiger partial charge in [-0.2, -0.15) is 0 Å². The maximum Gasteiger partial charge on any atom is 0.326 e. The van der Waals surface area contributed by atoms with E-state index in [0.29, 0.717) is 11.3 Å². The van der Waals surface area contributed by atoms with Gasteiger partial charge < -0.3 is 15.7 Å². The number of carboxylic acid groups (broad SMARTS) is 1. The average Bonchev–Trinajstić information content (AvgIpc) is 2.29. The highest BCUT2D eigenvalue weighted by molar-refractivity contribution is 5.93. The van der Waals surface area contributed by atoms with Crippen molar-refractivity contribution in [2.75, 3.05) is 5.32 Å². The fourth-order valence-corrected chi connectivity index (χ4v) is 1.67. The van der Waals surface area contributed by atoms with E-state index in [0.717, 1.165) is 0 Å². The summed E-state index contributed by atoms with van der Waals surface area (Å²) in [5, 5.41) is 14.0. The maximum absolute atomic E-state index is 13.1. The van der Waals surface area contributed by atoms with Gasteiger partial charge in [0, 0.05) is 5.69 Å². The first kappa shape index (κ1) is 15.9. The van der Waals surface area contributed by atoms with E-state index in [9.17, 15) is 14.0 Å². The second-order valence-electron chi connectivity index (χ2n) is 5.69. The molecule has 110 valence electrons. The quantitative estimate of drug-likeness (QED) is 0.797. The molecule has 0 heterocycles. The number of hydrogen-bond acceptors (Lipinski definition) is 2. The molecule has 1 aromatic rings. The van der Waals surface area contributed by atoms with Crippen LogP contribution < -0.4 is 10.6 Å². The third-order valence-electron chi connectivity index (χ3n) is 2.84. The first-order valence-electron chi connectivity index (χ1n) is 6.17. The lowest BCUT2D eigenvalue weighted by molar-refractivity contribution is -0.141. The Morgan fingerprint density at radius 3 is 2.40 bits per heavy atom. The van der Waals surface area contributed by atoms with Gasteiger partial charge in [-0.3, -0.25) is 0 Å². The van der Waals surface area contributed by atoms with Gasteiger partial charge in [0.25, 0.3) is 0 Å². The Kier molecular flexibility index (Phi) is 4.70. The van der Waals surface area contributed by atoms with Crippen molar-refractivity contribution >= 4 is 17.7 Å². The summed E-state index contributed by atoms with van der Waals surface area (Å²) in [5.41, 5.74) is 0.352. The van der Waals surface area contributed by atoms with E-state index >= 15 is 0 Å². The zero-order chi connectivity index (χ0) is 15.5. The molecule has 20 heavy (non-hydrogen) atoms. The highest BCUT2D eigenvalue weighted by Crippen LogP contribution is 2.20. The van der Waals surface area contributed by atoms with Gasteiger partial charge in [0.2, 0.25) is 0 Å². The number of hydrogen-bond donors (Lipinski definition) is 3. The largest absolute Gasteiger partial charge is 0.480 e. The zero-order valence-corrected chi connectivity index (χ0v) is 12.0. The Morgan fingerprint density at radius 1 is 1.30 bits per heavy atom. The SMILES string of the molecule is Cc1ccc(F)cc1NC(=O)NC(C(=O)O)C(C)(C)C.